The predicted octanol–water partition coefficient (Wildman–Crippen LogP) is 0.245. The lowest BCUT2D eigenvalue weighted by molar-refractivity contribution is 1.30. The quantitative estimate of drug-likeness (QED) is 0.435. The molecule has 0 amide bonds. The minimum atomic E-state index is 0.650. The molecule has 1 nitrogen and oxygen atoms in total. The first-order valence-corrected chi connectivity index (χ1v) is 2.84. The molecule has 1 heterocycles. The van der Waals surface area contributed by atoms with Crippen LogP contribution >= 0.6 is 11.3 Å². The summed E-state index contributed by atoms with van der Waals surface area (Å²) in [6.45, 7) is 1.92. The van der Waals surface area contributed by atoms with E-state index >= 15 is 0 Å². The Hall–Kier alpha value is -0.305. The van der Waals surface area contributed by atoms with Gasteiger partial charge in [0.05, 0.1) is 0 Å². The van der Waals surface area contributed by atoms with Crippen LogP contribution in [0.15, 0.2) is 5.38 Å². The standard InChI is InChI=1S/C4H4BNS/c1-3-2-7-4(5)6-3/h2H,1H3. The Morgan fingerprint density at radius 2 is 2.57 bits per heavy atom. The van der Waals surface area contributed by atoms with Gasteiger partial charge >= 0.3 is 0 Å². The molecule has 2 radical (unpaired) electrons. The van der Waals surface area contributed by atoms with Crippen LogP contribution in [0.3, 0.4) is 0 Å². The van der Waals surface area contributed by atoms with Crippen molar-refractivity contribution in [2.24, 2.45) is 0 Å². The van der Waals surface area contributed by atoms with Crippen LogP contribution < -0.4 is 4.91 Å². The molecule has 0 saturated heterocycles. The molecule has 34 valence electrons. The predicted molar refractivity (Wildman–Crippen MR) is 32.2 cm³/mol. The second kappa shape index (κ2) is 1.66. The third-order valence-corrected chi connectivity index (χ3v) is 1.43. The number of hydrogen-bond donors (Lipinski definition) is 0. The summed E-state index contributed by atoms with van der Waals surface area (Å²) < 4.78 is 0. The van der Waals surface area contributed by atoms with Crippen molar-refractivity contribution in [1.82, 2.24) is 4.98 Å². The number of thiazole rings is 1. The van der Waals surface area contributed by atoms with E-state index in [1.165, 1.54) is 11.3 Å². The van der Waals surface area contributed by atoms with Gasteiger partial charge < -0.3 is 0 Å². The minimum absolute atomic E-state index is 0.650. The van der Waals surface area contributed by atoms with Gasteiger partial charge in [-0.25, -0.2) is 0 Å². The van der Waals surface area contributed by atoms with Crippen LogP contribution in [0.25, 0.3) is 0 Å². The molecule has 0 aliphatic rings. The molecule has 0 bridgehead atoms. The summed E-state index contributed by atoms with van der Waals surface area (Å²) in [4.78, 5) is 4.56. The summed E-state index contributed by atoms with van der Waals surface area (Å²) in [6, 6.07) is 0. The van der Waals surface area contributed by atoms with E-state index < -0.39 is 0 Å². The average Bonchev–Trinajstić information content (AvgIpc) is 1.87. The van der Waals surface area contributed by atoms with Gasteiger partial charge in [0.2, 0.25) is 0 Å². The van der Waals surface area contributed by atoms with Crippen LogP contribution in [0.4, 0.5) is 0 Å². The fourth-order valence-corrected chi connectivity index (χ4v) is 0.913. The maximum atomic E-state index is 5.29. The first-order chi connectivity index (χ1) is 3.29. The topological polar surface area (TPSA) is 12.9 Å². The minimum Gasteiger partial charge on any atom is -0.259 e. The summed E-state index contributed by atoms with van der Waals surface area (Å²) >= 11 is 1.47. The van der Waals surface area contributed by atoms with E-state index in [-0.39, 0.29) is 0 Å². The molecule has 0 aromatic carbocycles. The van der Waals surface area contributed by atoms with E-state index in [1.54, 1.807) is 0 Å². The molecule has 0 N–H and O–H groups in total. The SMILES string of the molecule is [B]c1nc(C)cs1. The van der Waals surface area contributed by atoms with Crippen molar-refractivity contribution >= 4 is 24.1 Å². The molecule has 0 aliphatic heterocycles. The Balaban J connectivity index is 3.04. The summed E-state index contributed by atoms with van der Waals surface area (Å²) in [7, 11) is 5.29. The molecule has 7 heavy (non-hydrogen) atoms. The smallest absolute Gasteiger partial charge is 0.157 e. The third kappa shape index (κ3) is 1.03. The lowest BCUT2D eigenvalue weighted by Gasteiger charge is -1.71. The van der Waals surface area contributed by atoms with Crippen molar-refractivity contribution in [1.29, 1.82) is 0 Å². The monoisotopic (exact) mass is 109 g/mol. The van der Waals surface area contributed by atoms with E-state index in [9.17, 15) is 0 Å². The van der Waals surface area contributed by atoms with Crippen molar-refractivity contribution in [2.75, 3.05) is 0 Å². The van der Waals surface area contributed by atoms with Gasteiger partial charge in [0.1, 0.15) is 0 Å². The fraction of sp³-hybridized carbons (Fsp3) is 0.250. The summed E-state index contributed by atoms with van der Waals surface area (Å²) in [5.74, 6) is 0. The second-order valence-electron chi connectivity index (χ2n) is 1.33. The zero-order valence-electron chi connectivity index (χ0n) is 4.01. The van der Waals surface area contributed by atoms with Gasteiger partial charge in [-0.05, 0) is 6.92 Å². The summed E-state index contributed by atoms with van der Waals surface area (Å²) in [5.41, 5.74) is 1.00. The van der Waals surface area contributed by atoms with Crippen molar-refractivity contribution in [3.8, 4) is 0 Å². The highest BCUT2D eigenvalue weighted by Gasteiger charge is 1.85. The van der Waals surface area contributed by atoms with Crippen LogP contribution in [0.1, 0.15) is 5.69 Å². The van der Waals surface area contributed by atoms with E-state index in [0.29, 0.717) is 4.91 Å². The molecule has 0 unspecified atom stereocenters. The molecular weight excluding hydrogens is 105 g/mol. The highest BCUT2D eigenvalue weighted by atomic mass is 32.1. The summed E-state index contributed by atoms with van der Waals surface area (Å²) in [5, 5.41) is 1.93. The first kappa shape index (κ1) is 4.84. The van der Waals surface area contributed by atoms with Crippen LogP contribution in [-0.2, 0) is 0 Å². The fourth-order valence-electron chi connectivity index (χ4n) is 0.372. The molecule has 3 heteroatoms. The van der Waals surface area contributed by atoms with Crippen LogP contribution in [0, 0.1) is 6.92 Å². The Morgan fingerprint density at radius 3 is 2.71 bits per heavy atom. The third-order valence-electron chi connectivity index (χ3n) is 0.637. The molecule has 1 aromatic rings. The van der Waals surface area contributed by atoms with Gasteiger partial charge in [-0.3, -0.25) is 4.98 Å². The van der Waals surface area contributed by atoms with Crippen molar-refractivity contribution in [3.05, 3.63) is 11.1 Å². The molecule has 0 fully saturated rings. The van der Waals surface area contributed by atoms with Crippen LogP contribution in [-0.4, -0.2) is 12.8 Å². The highest BCUT2D eigenvalue weighted by molar-refractivity contribution is 7.17. The number of nitrogens with zero attached hydrogens (tertiary/aromatic N) is 1. The van der Waals surface area contributed by atoms with E-state index in [1.807, 2.05) is 12.3 Å². The van der Waals surface area contributed by atoms with Crippen LogP contribution in [0.5, 0.6) is 0 Å². The molecule has 1 aromatic heterocycles. The van der Waals surface area contributed by atoms with Crippen LogP contribution in [0.2, 0.25) is 0 Å². The zero-order valence-corrected chi connectivity index (χ0v) is 4.83. The Bertz CT molecular complexity index is 144. The lowest BCUT2D eigenvalue weighted by Crippen LogP contribution is -1.97. The number of aromatic nitrogens is 1. The average molecular weight is 109 g/mol. The van der Waals surface area contributed by atoms with Gasteiger partial charge in [-0.15, -0.1) is 11.3 Å². The van der Waals surface area contributed by atoms with Gasteiger partial charge in [0, 0.05) is 16.0 Å². The van der Waals surface area contributed by atoms with Crippen molar-refractivity contribution in [3.63, 3.8) is 0 Å². The highest BCUT2D eigenvalue weighted by Crippen LogP contribution is 1.92. The Morgan fingerprint density at radius 1 is 1.86 bits per heavy atom. The van der Waals surface area contributed by atoms with Gasteiger partial charge in [0.25, 0.3) is 0 Å². The van der Waals surface area contributed by atoms with Gasteiger partial charge in [-0.2, -0.15) is 0 Å². The number of rotatable bonds is 0. The van der Waals surface area contributed by atoms with E-state index in [2.05, 4.69) is 4.98 Å². The Labute approximate surface area is 47.8 Å². The molecule has 0 atom stereocenters. The van der Waals surface area contributed by atoms with Gasteiger partial charge in [-0.1, -0.05) is 0 Å². The molecule has 0 spiro atoms. The largest absolute Gasteiger partial charge is 0.259 e. The molecule has 0 saturated carbocycles. The lowest BCUT2D eigenvalue weighted by atomic mass is 10.2. The van der Waals surface area contributed by atoms with E-state index in [4.69, 9.17) is 7.85 Å². The summed E-state index contributed by atoms with van der Waals surface area (Å²) in [6.07, 6.45) is 0. The molecular formula is C4H4BNS. The number of hydrogen-bond acceptors (Lipinski definition) is 2. The van der Waals surface area contributed by atoms with E-state index in [0.717, 1.165) is 5.69 Å². The zero-order chi connectivity index (χ0) is 5.28. The number of aryl methyl sites for hydroxylation is 1. The molecule has 0 aliphatic carbocycles. The maximum Gasteiger partial charge on any atom is 0.157 e. The Kier molecular flexibility index (Phi) is 1.15. The maximum absolute atomic E-state index is 5.29. The van der Waals surface area contributed by atoms with Crippen molar-refractivity contribution in [2.45, 2.75) is 6.92 Å². The van der Waals surface area contributed by atoms with Crippen molar-refractivity contribution < 1.29 is 0 Å². The molecule has 1 rings (SSSR count). The first-order valence-electron chi connectivity index (χ1n) is 1.96. The second-order valence-corrected chi connectivity index (χ2v) is 2.22. The normalized spacial score (nSPS) is 9.29. The van der Waals surface area contributed by atoms with Gasteiger partial charge in [0.15, 0.2) is 7.85 Å².